The summed E-state index contributed by atoms with van der Waals surface area (Å²) in [6.07, 6.45) is 0.352. The molecule has 2 amide bonds. The number of amides is 2. The zero-order valence-electron chi connectivity index (χ0n) is 20.9. The van der Waals surface area contributed by atoms with Gasteiger partial charge in [-0.15, -0.1) is 11.8 Å². The Morgan fingerprint density at radius 2 is 1.62 bits per heavy atom. The van der Waals surface area contributed by atoms with Gasteiger partial charge in [-0.1, -0.05) is 91.6 Å². The van der Waals surface area contributed by atoms with Crippen molar-refractivity contribution in [2.75, 3.05) is 12.3 Å². The van der Waals surface area contributed by atoms with Gasteiger partial charge in [-0.3, -0.25) is 9.59 Å². The van der Waals surface area contributed by atoms with Gasteiger partial charge < -0.3 is 10.2 Å². The number of carbonyl (C=O) groups is 2. The zero-order valence-corrected chi connectivity index (χ0v) is 23.3. The fraction of sp³-hybridized carbons (Fsp3) is 0.310. The van der Waals surface area contributed by atoms with E-state index in [0.29, 0.717) is 28.6 Å². The van der Waals surface area contributed by atoms with Crippen LogP contribution < -0.4 is 5.32 Å². The molecule has 0 spiro atoms. The number of nitrogens with zero attached hydrogens (tertiary/aromatic N) is 1. The summed E-state index contributed by atoms with van der Waals surface area (Å²) < 4.78 is 14.2. The van der Waals surface area contributed by atoms with Gasteiger partial charge in [0.05, 0.1) is 5.75 Å². The van der Waals surface area contributed by atoms with Gasteiger partial charge in [0.1, 0.15) is 11.9 Å². The van der Waals surface area contributed by atoms with Crippen LogP contribution in [0, 0.1) is 11.7 Å². The number of hydrogen-bond donors (Lipinski definition) is 1. The van der Waals surface area contributed by atoms with E-state index in [1.165, 1.54) is 17.8 Å². The van der Waals surface area contributed by atoms with Gasteiger partial charge in [0.25, 0.3) is 0 Å². The zero-order chi connectivity index (χ0) is 26.8. The Hall–Kier alpha value is -2.54. The van der Waals surface area contributed by atoms with E-state index in [-0.39, 0.29) is 35.8 Å². The molecule has 0 aliphatic rings. The van der Waals surface area contributed by atoms with E-state index < -0.39 is 11.9 Å². The molecule has 0 aliphatic carbocycles. The maximum absolute atomic E-state index is 14.2. The first-order valence-corrected chi connectivity index (χ1v) is 14.0. The largest absolute Gasteiger partial charge is 0.354 e. The highest BCUT2D eigenvalue weighted by Gasteiger charge is 2.30. The molecule has 0 bridgehead atoms. The summed E-state index contributed by atoms with van der Waals surface area (Å²) in [5.74, 6) is -0.318. The summed E-state index contributed by atoms with van der Waals surface area (Å²) >= 11 is 13.9. The molecule has 196 valence electrons. The minimum atomic E-state index is -0.748. The van der Waals surface area contributed by atoms with Crippen molar-refractivity contribution in [1.82, 2.24) is 10.2 Å². The van der Waals surface area contributed by atoms with Crippen molar-refractivity contribution < 1.29 is 14.0 Å². The third kappa shape index (κ3) is 8.77. The first-order chi connectivity index (χ1) is 17.8. The minimum Gasteiger partial charge on any atom is -0.354 e. The molecule has 0 unspecified atom stereocenters. The molecule has 1 atom stereocenters. The van der Waals surface area contributed by atoms with Crippen LogP contribution in [0.1, 0.15) is 30.5 Å². The van der Waals surface area contributed by atoms with Crippen LogP contribution in [0.3, 0.4) is 0 Å². The first-order valence-electron chi connectivity index (χ1n) is 12.1. The SMILES string of the molecule is CC(C)CNC(=O)[C@H](Cc1ccccc1)N(Cc1ccccc1Cl)C(=O)CSCc1c(F)cccc1Cl. The predicted molar refractivity (Wildman–Crippen MR) is 151 cm³/mol. The van der Waals surface area contributed by atoms with Crippen LogP contribution in [0.2, 0.25) is 10.0 Å². The van der Waals surface area contributed by atoms with E-state index in [1.807, 2.05) is 62.4 Å². The second-order valence-electron chi connectivity index (χ2n) is 9.15. The average Bonchev–Trinajstić information content (AvgIpc) is 2.88. The monoisotopic (exact) mass is 560 g/mol. The topological polar surface area (TPSA) is 49.4 Å². The molecular weight excluding hydrogens is 530 g/mol. The van der Waals surface area contributed by atoms with E-state index in [0.717, 1.165) is 11.1 Å². The quantitative estimate of drug-likeness (QED) is 0.265. The van der Waals surface area contributed by atoms with Crippen molar-refractivity contribution in [2.45, 2.75) is 38.6 Å². The predicted octanol–water partition coefficient (Wildman–Crippen LogP) is 6.78. The Labute approximate surface area is 232 Å². The van der Waals surface area contributed by atoms with Gasteiger partial charge in [0.15, 0.2) is 0 Å². The molecule has 0 saturated carbocycles. The Morgan fingerprint density at radius 1 is 0.946 bits per heavy atom. The normalized spacial score (nSPS) is 11.8. The van der Waals surface area contributed by atoms with Gasteiger partial charge in [0, 0.05) is 40.9 Å². The molecule has 0 heterocycles. The summed E-state index contributed by atoms with van der Waals surface area (Å²) in [4.78, 5) is 28.7. The van der Waals surface area contributed by atoms with Crippen molar-refractivity contribution in [3.63, 3.8) is 0 Å². The lowest BCUT2D eigenvalue weighted by Gasteiger charge is -2.32. The number of carbonyl (C=O) groups excluding carboxylic acids is 2. The molecule has 0 aliphatic heterocycles. The van der Waals surface area contributed by atoms with Crippen LogP contribution in [0.4, 0.5) is 4.39 Å². The molecule has 37 heavy (non-hydrogen) atoms. The fourth-order valence-corrected chi connectivity index (χ4v) is 5.22. The van der Waals surface area contributed by atoms with E-state index in [2.05, 4.69) is 5.32 Å². The summed E-state index contributed by atoms with van der Waals surface area (Å²) in [6.45, 7) is 4.71. The van der Waals surface area contributed by atoms with E-state index in [1.54, 1.807) is 23.1 Å². The number of halogens is 3. The molecule has 4 nitrogen and oxygen atoms in total. The third-order valence-corrected chi connectivity index (χ3v) is 7.45. The maximum atomic E-state index is 14.2. The van der Waals surface area contributed by atoms with Crippen molar-refractivity contribution in [3.8, 4) is 0 Å². The van der Waals surface area contributed by atoms with E-state index in [4.69, 9.17) is 23.2 Å². The second-order valence-corrected chi connectivity index (χ2v) is 11.0. The third-order valence-electron chi connectivity index (χ3n) is 5.79. The lowest BCUT2D eigenvalue weighted by molar-refractivity contribution is -0.139. The van der Waals surface area contributed by atoms with Gasteiger partial charge in [-0.05, 0) is 35.2 Å². The van der Waals surface area contributed by atoms with Gasteiger partial charge >= 0.3 is 0 Å². The lowest BCUT2D eigenvalue weighted by Crippen LogP contribution is -2.51. The molecule has 3 aromatic rings. The molecule has 0 fully saturated rings. The Bertz CT molecular complexity index is 1170. The van der Waals surface area contributed by atoms with E-state index >= 15 is 0 Å². The molecule has 0 aromatic heterocycles. The van der Waals surface area contributed by atoms with Crippen LogP contribution in [-0.4, -0.2) is 35.1 Å². The van der Waals surface area contributed by atoms with Crippen molar-refractivity contribution >= 4 is 46.8 Å². The Kier molecular flexibility index (Phi) is 11.3. The average molecular weight is 562 g/mol. The smallest absolute Gasteiger partial charge is 0.243 e. The Balaban J connectivity index is 1.87. The molecule has 1 N–H and O–H groups in total. The summed E-state index contributed by atoms with van der Waals surface area (Å²) in [7, 11) is 0. The number of benzene rings is 3. The number of thioether (sulfide) groups is 1. The van der Waals surface area contributed by atoms with Crippen LogP contribution in [0.15, 0.2) is 72.8 Å². The summed E-state index contributed by atoms with van der Waals surface area (Å²) in [5.41, 5.74) is 2.04. The highest BCUT2D eigenvalue weighted by molar-refractivity contribution is 7.99. The number of nitrogens with one attached hydrogen (secondary N) is 1. The molecule has 3 aromatic carbocycles. The number of rotatable bonds is 12. The minimum absolute atomic E-state index is 0.0534. The summed E-state index contributed by atoms with van der Waals surface area (Å²) in [5, 5.41) is 3.84. The summed E-state index contributed by atoms with van der Waals surface area (Å²) in [6, 6.07) is 20.7. The van der Waals surface area contributed by atoms with Crippen LogP contribution in [-0.2, 0) is 28.3 Å². The van der Waals surface area contributed by atoms with E-state index in [9.17, 15) is 14.0 Å². The maximum Gasteiger partial charge on any atom is 0.243 e. The lowest BCUT2D eigenvalue weighted by atomic mass is 10.0. The van der Waals surface area contributed by atoms with Crippen molar-refractivity contribution in [2.24, 2.45) is 5.92 Å². The first kappa shape index (κ1) is 29.0. The van der Waals surface area contributed by atoms with Crippen LogP contribution >= 0.6 is 35.0 Å². The highest BCUT2D eigenvalue weighted by atomic mass is 35.5. The van der Waals surface area contributed by atoms with Crippen LogP contribution in [0.5, 0.6) is 0 Å². The number of hydrogen-bond acceptors (Lipinski definition) is 3. The molecule has 0 radical (unpaired) electrons. The molecule has 0 saturated heterocycles. The fourth-order valence-electron chi connectivity index (χ4n) is 3.78. The van der Waals surface area contributed by atoms with Gasteiger partial charge in [0.2, 0.25) is 11.8 Å². The molecule has 8 heteroatoms. The Morgan fingerprint density at radius 3 is 2.30 bits per heavy atom. The highest BCUT2D eigenvalue weighted by Crippen LogP contribution is 2.25. The van der Waals surface area contributed by atoms with Gasteiger partial charge in [-0.25, -0.2) is 4.39 Å². The molecule has 3 rings (SSSR count). The van der Waals surface area contributed by atoms with Crippen LogP contribution in [0.25, 0.3) is 0 Å². The van der Waals surface area contributed by atoms with Gasteiger partial charge in [-0.2, -0.15) is 0 Å². The molecular formula is C29H31Cl2FN2O2S. The van der Waals surface area contributed by atoms with Crippen molar-refractivity contribution in [3.05, 3.63) is 105 Å². The van der Waals surface area contributed by atoms with Crippen molar-refractivity contribution in [1.29, 1.82) is 0 Å². The second kappa shape index (κ2) is 14.4. The standard InChI is InChI=1S/C29H31Cl2FN2O2S/c1-20(2)16-33-29(36)27(15-21-9-4-3-5-10-21)34(17-22-11-6-7-12-24(22)30)28(35)19-37-18-23-25(31)13-8-14-26(23)32/h3-14,20,27H,15-19H2,1-2H3,(H,33,36)/t27-/m0/s1.